The van der Waals surface area contributed by atoms with E-state index in [1.165, 1.54) is 0 Å². The predicted octanol–water partition coefficient (Wildman–Crippen LogP) is 0.469. The molecule has 1 N–H and O–H groups in total. The van der Waals surface area contributed by atoms with Crippen molar-refractivity contribution in [3.8, 4) is 0 Å². The SMILES string of the molecule is CC(C)NCc1cncn1CC(=O)N(C)C. The number of carbonyl (C=O) groups is 1. The fourth-order valence-corrected chi connectivity index (χ4v) is 1.23. The molecule has 90 valence electrons. The maximum absolute atomic E-state index is 11.6. The lowest BCUT2D eigenvalue weighted by atomic mass is 10.3. The van der Waals surface area contributed by atoms with E-state index in [-0.39, 0.29) is 5.91 Å². The Morgan fingerprint density at radius 1 is 1.56 bits per heavy atom. The second-order valence-electron chi connectivity index (χ2n) is 4.34. The third-order valence-corrected chi connectivity index (χ3v) is 2.29. The van der Waals surface area contributed by atoms with Crippen LogP contribution in [0.5, 0.6) is 0 Å². The lowest BCUT2D eigenvalue weighted by Gasteiger charge is -2.13. The number of nitrogens with zero attached hydrogens (tertiary/aromatic N) is 3. The maximum atomic E-state index is 11.6. The fraction of sp³-hybridized carbons (Fsp3) is 0.636. The second-order valence-corrected chi connectivity index (χ2v) is 4.34. The normalized spacial score (nSPS) is 10.8. The Bertz CT molecular complexity index is 344. The van der Waals surface area contributed by atoms with E-state index < -0.39 is 0 Å². The van der Waals surface area contributed by atoms with Gasteiger partial charge in [-0.25, -0.2) is 4.98 Å². The summed E-state index contributed by atoms with van der Waals surface area (Å²) in [6.45, 7) is 5.26. The Labute approximate surface area is 96.5 Å². The van der Waals surface area contributed by atoms with E-state index in [9.17, 15) is 4.79 Å². The largest absolute Gasteiger partial charge is 0.347 e. The highest BCUT2D eigenvalue weighted by Crippen LogP contribution is 2.00. The predicted molar refractivity (Wildman–Crippen MR) is 62.9 cm³/mol. The third kappa shape index (κ3) is 3.66. The van der Waals surface area contributed by atoms with Gasteiger partial charge in [-0.2, -0.15) is 0 Å². The Morgan fingerprint density at radius 3 is 2.81 bits per heavy atom. The monoisotopic (exact) mass is 224 g/mol. The molecule has 0 radical (unpaired) electrons. The molecule has 0 fully saturated rings. The van der Waals surface area contributed by atoms with E-state index >= 15 is 0 Å². The van der Waals surface area contributed by atoms with Crippen LogP contribution in [0.15, 0.2) is 12.5 Å². The molecule has 1 heterocycles. The molecule has 0 bridgehead atoms. The minimum atomic E-state index is 0.0730. The standard InChI is InChI=1S/C11H20N4O/c1-9(2)13-6-10-5-12-8-15(10)7-11(16)14(3)4/h5,8-9,13H,6-7H2,1-4H3. The van der Waals surface area contributed by atoms with E-state index in [2.05, 4.69) is 24.1 Å². The van der Waals surface area contributed by atoms with Crippen molar-refractivity contribution in [1.29, 1.82) is 0 Å². The van der Waals surface area contributed by atoms with Crippen LogP contribution in [0.2, 0.25) is 0 Å². The minimum absolute atomic E-state index is 0.0730. The van der Waals surface area contributed by atoms with Gasteiger partial charge in [0.05, 0.1) is 12.0 Å². The lowest BCUT2D eigenvalue weighted by Crippen LogP contribution is -2.28. The summed E-state index contributed by atoms with van der Waals surface area (Å²) < 4.78 is 1.87. The summed E-state index contributed by atoms with van der Waals surface area (Å²) in [5.74, 6) is 0.0730. The van der Waals surface area contributed by atoms with Crippen LogP contribution in [0.3, 0.4) is 0 Å². The van der Waals surface area contributed by atoms with Crippen molar-refractivity contribution in [2.24, 2.45) is 0 Å². The number of aromatic nitrogens is 2. The molecule has 0 atom stereocenters. The highest BCUT2D eigenvalue weighted by atomic mass is 16.2. The topological polar surface area (TPSA) is 50.2 Å². The summed E-state index contributed by atoms with van der Waals surface area (Å²) in [4.78, 5) is 17.2. The van der Waals surface area contributed by atoms with Crippen LogP contribution in [0.25, 0.3) is 0 Å². The molecule has 0 aliphatic heterocycles. The molecule has 0 unspecified atom stereocenters. The van der Waals surface area contributed by atoms with Crippen molar-refractivity contribution >= 4 is 5.91 Å². The van der Waals surface area contributed by atoms with Gasteiger partial charge in [0.1, 0.15) is 6.54 Å². The molecular weight excluding hydrogens is 204 g/mol. The molecule has 5 heteroatoms. The van der Waals surface area contributed by atoms with E-state index in [0.717, 1.165) is 12.2 Å². The average Bonchev–Trinajstić information content (AvgIpc) is 2.62. The summed E-state index contributed by atoms with van der Waals surface area (Å²) in [7, 11) is 3.51. The highest BCUT2D eigenvalue weighted by Gasteiger charge is 2.08. The molecule has 5 nitrogen and oxygen atoms in total. The molecule has 0 saturated carbocycles. The number of hydrogen-bond donors (Lipinski definition) is 1. The molecule has 0 aliphatic rings. The number of rotatable bonds is 5. The summed E-state index contributed by atoms with van der Waals surface area (Å²) in [5, 5.41) is 3.31. The zero-order valence-corrected chi connectivity index (χ0v) is 10.4. The van der Waals surface area contributed by atoms with Gasteiger partial charge in [0.15, 0.2) is 0 Å². The molecule has 1 amide bonds. The number of nitrogens with one attached hydrogen (secondary N) is 1. The zero-order valence-electron chi connectivity index (χ0n) is 10.4. The van der Waals surface area contributed by atoms with Gasteiger partial charge in [0.2, 0.25) is 5.91 Å². The third-order valence-electron chi connectivity index (χ3n) is 2.29. The molecule has 0 spiro atoms. The molecule has 0 aromatic carbocycles. The summed E-state index contributed by atoms with van der Waals surface area (Å²) >= 11 is 0. The van der Waals surface area contributed by atoms with E-state index in [4.69, 9.17) is 0 Å². The maximum Gasteiger partial charge on any atom is 0.242 e. The Hall–Kier alpha value is -1.36. The zero-order chi connectivity index (χ0) is 12.1. The molecule has 0 saturated heterocycles. The van der Waals surface area contributed by atoms with E-state index in [1.54, 1.807) is 31.5 Å². The number of amides is 1. The van der Waals surface area contributed by atoms with Gasteiger partial charge < -0.3 is 14.8 Å². The van der Waals surface area contributed by atoms with Crippen LogP contribution in [0.4, 0.5) is 0 Å². The van der Waals surface area contributed by atoms with Gasteiger partial charge in [-0.05, 0) is 0 Å². The van der Waals surface area contributed by atoms with E-state index in [1.807, 2.05) is 4.57 Å². The lowest BCUT2D eigenvalue weighted by molar-refractivity contribution is -0.129. The van der Waals surface area contributed by atoms with Crippen LogP contribution in [0.1, 0.15) is 19.5 Å². The van der Waals surface area contributed by atoms with Gasteiger partial charge in [0.25, 0.3) is 0 Å². The van der Waals surface area contributed by atoms with Gasteiger partial charge in [-0.1, -0.05) is 13.8 Å². The summed E-state index contributed by atoms with van der Waals surface area (Å²) in [5.41, 5.74) is 1.03. The Morgan fingerprint density at radius 2 is 2.25 bits per heavy atom. The first-order valence-corrected chi connectivity index (χ1v) is 5.43. The fourth-order valence-electron chi connectivity index (χ4n) is 1.23. The second kappa shape index (κ2) is 5.65. The van der Waals surface area contributed by atoms with Crippen LogP contribution in [0, 0.1) is 0 Å². The van der Waals surface area contributed by atoms with Gasteiger partial charge in [0, 0.05) is 32.9 Å². The first kappa shape index (κ1) is 12.7. The number of carbonyl (C=O) groups excluding carboxylic acids is 1. The molecule has 0 aliphatic carbocycles. The van der Waals surface area contributed by atoms with Gasteiger partial charge in [-0.3, -0.25) is 4.79 Å². The molecule has 1 aromatic rings. The molecule has 1 rings (SSSR count). The number of hydrogen-bond acceptors (Lipinski definition) is 3. The van der Waals surface area contributed by atoms with Gasteiger partial charge in [-0.15, -0.1) is 0 Å². The van der Waals surface area contributed by atoms with Crippen molar-refractivity contribution in [2.45, 2.75) is 33.0 Å². The molecular formula is C11H20N4O. The number of likely N-dealkylation sites (N-methyl/N-ethyl adjacent to an activating group) is 1. The van der Waals surface area contributed by atoms with Crippen molar-refractivity contribution < 1.29 is 4.79 Å². The number of imidazole rings is 1. The Balaban J connectivity index is 2.60. The minimum Gasteiger partial charge on any atom is -0.347 e. The first-order chi connectivity index (χ1) is 7.50. The Kier molecular flexibility index (Phi) is 4.49. The van der Waals surface area contributed by atoms with Gasteiger partial charge >= 0.3 is 0 Å². The first-order valence-electron chi connectivity index (χ1n) is 5.43. The van der Waals surface area contributed by atoms with Crippen LogP contribution in [-0.4, -0.2) is 40.5 Å². The molecule has 16 heavy (non-hydrogen) atoms. The molecule has 1 aromatic heterocycles. The summed E-state index contributed by atoms with van der Waals surface area (Å²) in [6.07, 6.45) is 3.48. The quantitative estimate of drug-likeness (QED) is 0.791. The van der Waals surface area contributed by atoms with E-state index in [0.29, 0.717) is 12.6 Å². The average molecular weight is 224 g/mol. The van der Waals surface area contributed by atoms with Crippen LogP contribution in [-0.2, 0) is 17.9 Å². The summed E-state index contributed by atoms with van der Waals surface area (Å²) in [6, 6.07) is 0.424. The van der Waals surface area contributed by atoms with Crippen LogP contribution >= 0.6 is 0 Å². The van der Waals surface area contributed by atoms with Crippen LogP contribution < -0.4 is 5.32 Å². The van der Waals surface area contributed by atoms with Crippen molar-refractivity contribution in [3.63, 3.8) is 0 Å². The van der Waals surface area contributed by atoms with Crippen molar-refractivity contribution in [2.75, 3.05) is 14.1 Å². The smallest absolute Gasteiger partial charge is 0.242 e. The van der Waals surface area contributed by atoms with Crippen molar-refractivity contribution in [3.05, 3.63) is 18.2 Å². The van der Waals surface area contributed by atoms with Crippen molar-refractivity contribution in [1.82, 2.24) is 19.8 Å². The highest BCUT2D eigenvalue weighted by molar-refractivity contribution is 5.75.